The second-order valence-corrected chi connectivity index (χ2v) is 24.5. The summed E-state index contributed by atoms with van der Waals surface area (Å²) >= 11 is 0. The molecule has 360 valence electrons. The monoisotopic (exact) mass is 997 g/mol. The Labute approximate surface area is 447 Å². The number of aromatic nitrogens is 1. The van der Waals surface area contributed by atoms with Gasteiger partial charge in [0.15, 0.2) is 8.07 Å². The third kappa shape index (κ3) is 6.31. The third-order valence-electron chi connectivity index (χ3n) is 16.8. The van der Waals surface area contributed by atoms with Gasteiger partial charge in [-0.05, 0) is 114 Å². The first-order valence-electron chi connectivity index (χ1n) is 26.6. The van der Waals surface area contributed by atoms with Gasteiger partial charge in [-0.3, -0.25) is 0 Å². The van der Waals surface area contributed by atoms with E-state index < -0.39 is 13.5 Å². The lowest BCUT2D eigenvalue weighted by Crippen LogP contribution is -2.74. The van der Waals surface area contributed by atoms with Crippen LogP contribution in [0.25, 0.3) is 82.8 Å². The normalized spacial score (nSPS) is 13.1. The second kappa shape index (κ2) is 16.9. The van der Waals surface area contributed by atoms with Gasteiger partial charge in [0.05, 0.1) is 22.1 Å². The maximum absolute atomic E-state index is 6.92. The van der Waals surface area contributed by atoms with Crippen molar-refractivity contribution in [3.05, 3.63) is 307 Å². The van der Waals surface area contributed by atoms with Gasteiger partial charge >= 0.3 is 0 Å². The van der Waals surface area contributed by atoms with Crippen LogP contribution < -0.4 is 25.5 Å². The summed E-state index contributed by atoms with van der Waals surface area (Å²) in [6, 6.07) is 106. The van der Waals surface area contributed by atoms with Gasteiger partial charge in [0, 0.05) is 32.7 Å². The van der Waals surface area contributed by atoms with Crippen molar-refractivity contribution in [1.82, 2.24) is 4.57 Å². The van der Waals surface area contributed by atoms with Crippen molar-refractivity contribution in [3.8, 4) is 50.6 Å². The number of furan rings is 1. The Kier molecular flexibility index (Phi) is 9.57. The van der Waals surface area contributed by atoms with Crippen LogP contribution in [-0.4, -0.2) is 12.6 Å². The zero-order valence-corrected chi connectivity index (χ0v) is 42.9. The SMILES string of the molecule is c1ccc(-c2cccc([Si](c3ccccc3)(c3cccc(-c4ccccc4)c3)c3ccc4c(c3)-n3c5ccc(-c6ccc7oc8ccccc8c7c6)cc5c5cccc(c53)C43c4ccccc4Oc4ccccc43)c2)cc1. The average Bonchev–Trinajstić information content (AvgIpc) is 4.25. The van der Waals surface area contributed by atoms with E-state index in [1.807, 2.05) is 6.07 Å². The van der Waals surface area contributed by atoms with Crippen LogP contribution in [0.3, 0.4) is 0 Å². The van der Waals surface area contributed by atoms with Crippen molar-refractivity contribution in [2.24, 2.45) is 0 Å². The summed E-state index contributed by atoms with van der Waals surface area (Å²) in [6.45, 7) is 0. The summed E-state index contributed by atoms with van der Waals surface area (Å²) in [5.41, 5.74) is 16.4. The van der Waals surface area contributed by atoms with E-state index in [-0.39, 0.29) is 0 Å². The topological polar surface area (TPSA) is 27.3 Å². The first kappa shape index (κ1) is 43.6. The predicted octanol–water partition coefficient (Wildman–Crippen LogP) is 15.9. The molecular weight excluding hydrogens is 951 g/mol. The highest BCUT2D eigenvalue weighted by atomic mass is 28.3. The molecule has 0 bridgehead atoms. The number of para-hydroxylation sites is 4. The van der Waals surface area contributed by atoms with Crippen LogP contribution in [0.15, 0.2) is 290 Å². The summed E-state index contributed by atoms with van der Waals surface area (Å²) in [5, 5.41) is 9.91. The summed E-state index contributed by atoms with van der Waals surface area (Å²) in [7, 11) is -3.25. The van der Waals surface area contributed by atoms with E-state index in [2.05, 4.69) is 284 Å². The van der Waals surface area contributed by atoms with E-state index in [1.165, 1.54) is 70.4 Å². The fourth-order valence-corrected chi connectivity index (χ4v) is 18.3. The van der Waals surface area contributed by atoms with Gasteiger partial charge in [-0.2, -0.15) is 0 Å². The van der Waals surface area contributed by atoms with E-state index >= 15 is 0 Å². The van der Waals surface area contributed by atoms with Crippen molar-refractivity contribution in [3.63, 3.8) is 0 Å². The molecule has 4 heterocycles. The van der Waals surface area contributed by atoms with Crippen LogP contribution in [0, 0.1) is 0 Å². The van der Waals surface area contributed by atoms with Crippen LogP contribution in [0.4, 0.5) is 0 Å². The molecule has 0 unspecified atom stereocenters. The average molecular weight is 998 g/mol. The van der Waals surface area contributed by atoms with Gasteiger partial charge < -0.3 is 13.7 Å². The Morgan fingerprint density at radius 2 is 0.792 bits per heavy atom. The Morgan fingerprint density at radius 1 is 0.299 bits per heavy atom. The number of hydrogen-bond donors (Lipinski definition) is 0. The zero-order valence-electron chi connectivity index (χ0n) is 41.9. The molecular formula is C73H47NO2Si. The molecule has 77 heavy (non-hydrogen) atoms. The Hall–Kier alpha value is -9.74. The molecule has 0 saturated carbocycles. The molecule has 0 atom stereocenters. The fraction of sp³-hybridized carbons (Fsp3) is 0.0137. The van der Waals surface area contributed by atoms with E-state index in [4.69, 9.17) is 9.15 Å². The molecule has 16 rings (SSSR count). The number of fused-ring (bicyclic) bond motifs is 14. The van der Waals surface area contributed by atoms with Crippen LogP contribution >= 0.6 is 0 Å². The molecule has 14 aromatic rings. The van der Waals surface area contributed by atoms with Crippen molar-refractivity contribution < 1.29 is 9.15 Å². The first-order chi connectivity index (χ1) is 38.2. The van der Waals surface area contributed by atoms with Crippen LogP contribution in [0.5, 0.6) is 11.5 Å². The van der Waals surface area contributed by atoms with Gasteiger partial charge in [-0.15, -0.1) is 0 Å². The molecule has 0 saturated heterocycles. The smallest absolute Gasteiger partial charge is 0.179 e. The van der Waals surface area contributed by atoms with Crippen LogP contribution in [-0.2, 0) is 5.41 Å². The fourth-order valence-electron chi connectivity index (χ4n) is 13.5. The van der Waals surface area contributed by atoms with Crippen molar-refractivity contribution in [2.75, 3.05) is 0 Å². The molecule has 2 aromatic heterocycles. The number of rotatable bonds is 7. The highest BCUT2D eigenvalue weighted by Gasteiger charge is 2.51. The lowest BCUT2D eigenvalue weighted by molar-refractivity contribution is 0.434. The largest absolute Gasteiger partial charge is 0.457 e. The minimum Gasteiger partial charge on any atom is -0.457 e. The molecule has 3 nitrogen and oxygen atoms in total. The molecule has 1 spiro atoms. The highest BCUT2D eigenvalue weighted by molar-refractivity contribution is 7.20. The third-order valence-corrected chi connectivity index (χ3v) is 21.5. The van der Waals surface area contributed by atoms with E-state index in [0.29, 0.717) is 0 Å². The van der Waals surface area contributed by atoms with Gasteiger partial charge in [0.1, 0.15) is 22.7 Å². The molecule has 0 aliphatic carbocycles. The van der Waals surface area contributed by atoms with Crippen molar-refractivity contribution in [2.45, 2.75) is 5.41 Å². The molecule has 0 fully saturated rings. The van der Waals surface area contributed by atoms with Gasteiger partial charge in [-0.1, -0.05) is 237 Å². The minimum atomic E-state index is -3.25. The predicted molar refractivity (Wildman–Crippen MR) is 320 cm³/mol. The van der Waals surface area contributed by atoms with Crippen LogP contribution in [0.2, 0.25) is 0 Å². The second-order valence-electron chi connectivity index (χ2n) is 20.7. The summed E-state index contributed by atoms with van der Waals surface area (Å²) < 4.78 is 15.8. The number of hydrogen-bond acceptors (Lipinski definition) is 2. The number of nitrogens with zero attached hydrogens (tertiary/aromatic N) is 1. The molecule has 0 N–H and O–H groups in total. The molecule has 0 amide bonds. The van der Waals surface area contributed by atoms with Crippen LogP contribution in [0.1, 0.15) is 22.3 Å². The first-order valence-corrected chi connectivity index (χ1v) is 28.6. The van der Waals surface area contributed by atoms with E-state index in [9.17, 15) is 0 Å². The van der Waals surface area contributed by atoms with E-state index in [0.717, 1.165) is 66.9 Å². The lowest BCUT2D eigenvalue weighted by Gasteiger charge is -2.45. The Balaban J connectivity index is 1.03. The molecule has 2 aliphatic rings. The van der Waals surface area contributed by atoms with E-state index in [1.54, 1.807) is 0 Å². The lowest BCUT2D eigenvalue weighted by atomic mass is 9.62. The maximum atomic E-state index is 6.92. The highest BCUT2D eigenvalue weighted by Crippen LogP contribution is 2.60. The van der Waals surface area contributed by atoms with Gasteiger partial charge in [-0.25, -0.2) is 0 Å². The zero-order chi connectivity index (χ0) is 50.7. The number of ether oxygens (including phenoxy) is 1. The Bertz CT molecular complexity index is 4540. The Morgan fingerprint density at radius 3 is 1.48 bits per heavy atom. The van der Waals surface area contributed by atoms with Crippen molar-refractivity contribution >= 4 is 72.6 Å². The molecule has 2 aliphatic heterocycles. The standard InChI is InChI=1S/C73H47NO2Si/c1-4-19-48(20-5-1)50-23-16-27-55(43-50)77(54-25-8-3-9-26-54,56-28-17-24-51(44-56)49-21-6-2-7-22-49)57-39-40-62-67(47-57)74-66-41-37-52(53-38-42-69-61(46-53)58-29-10-13-34-68(58)75-69)45-60(66)59-30-18-33-65(72(59)74)73(62)63-31-11-14-35-70(63)76-71-36-15-12-32-64(71)73/h1-47H. The number of benzene rings is 12. The van der Waals surface area contributed by atoms with Gasteiger partial charge in [0.2, 0.25) is 0 Å². The summed E-state index contributed by atoms with van der Waals surface area (Å²) in [4.78, 5) is 0. The molecule has 0 radical (unpaired) electrons. The molecule has 4 heteroatoms. The molecule has 12 aromatic carbocycles. The van der Waals surface area contributed by atoms with Gasteiger partial charge in [0.25, 0.3) is 0 Å². The quantitative estimate of drug-likeness (QED) is 0.118. The minimum absolute atomic E-state index is 0.725. The maximum Gasteiger partial charge on any atom is 0.179 e. The summed E-state index contributed by atoms with van der Waals surface area (Å²) in [5.74, 6) is 1.74. The summed E-state index contributed by atoms with van der Waals surface area (Å²) in [6.07, 6.45) is 0. The van der Waals surface area contributed by atoms with Crippen molar-refractivity contribution in [1.29, 1.82) is 0 Å².